The lowest BCUT2D eigenvalue weighted by Crippen LogP contribution is -2.63. The molecule has 9 heteroatoms. The smallest absolute Gasteiger partial charge is 0.375 e. The molecule has 3 aromatic rings. The quantitative estimate of drug-likeness (QED) is 0.284. The van der Waals surface area contributed by atoms with Crippen molar-refractivity contribution in [3.8, 4) is 5.69 Å². The van der Waals surface area contributed by atoms with Crippen LogP contribution in [0.2, 0.25) is 0 Å². The van der Waals surface area contributed by atoms with Crippen LogP contribution in [-0.2, 0) is 16.0 Å². The summed E-state index contributed by atoms with van der Waals surface area (Å²) in [4.78, 5) is 26.3. The fourth-order valence-corrected chi connectivity index (χ4v) is 9.98. The van der Waals surface area contributed by atoms with Gasteiger partial charge in [0, 0.05) is 5.41 Å². The second-order valence-electron chi connectivity index (χ2n) is 13.3. The number of hydrogen-bond acceptors (Lipinski definition) is 6. The van der Waals surface area contributed by atoms with Crippen LogP contribution in [0.3, 0.4) is 0 Å². The fraction of sp³-hybridized carbons (Fsp3) is 0.485. The summed E-state index contributed by atoms with van der Waals surface area (Å²) in [6.45, 7) is 6.50. The molecule has 2 aromatic heterocycles. The van der Waals surface area contributed by atoms with Gasteiger partial charge in [-0.25, -0.2) is 13.9 Å². The third kappa shape index (κ3) is 3.71. The predicted octanol–water partition coefficient (Wildman–Crippen LogP) is 6.06. The van der Waals surface area contributed by atoms with Crippen molar-refractivity contribution < 1.29 is 28.2 Å². The van der Waals surface area contributed by atoms with Gasteiger partial charge in [-0.1, -0.05) is 26.3 Å². The summed E-state index contributed by atoms with van der Waals surface area (Å²) in [5.74, 6) is -0.555. The molecular weight excluding hydrogens is 555 g/mol. The second kappa shape index (κ2) is 9.41. The van der Waals surface area contributed by atoms with Crippen LogP contribution in [0, 0.1) is 40.3 Å². The molecule has 0 aliphatic heterocycles. The Labute approximate surface area is 249 Å². The number of aliphatic hydroxyl groups excluding tert-OH is 1. The highest BCUT2D eigenvalue weighted by Gasteiger charge is 2.70. The monoisotopic (exact) mass is 590 g/mol. The summed E-state index contributed by atoms with van der Waals surface area (Å²) >= 11 is 4.28. The molecule has 0 radical (unpaired) electrons. The van der Waals surface area contributed by atoms with Crippen molar-refractivity contribution in [3.63, 3.8) is 0 Å². The predicted molar refractivity (Wildman–Crippen MR) is 156 cm³/mol. The Kier molecular flexibility index (Phi) is 6.20. The molecule has 7 nitrogen and oxygen atoms in total. The SMILES string of the molecule is C[C@H]1C[C@@H]2[C@H]([C@@H](O)C[C@@]3(C)[C@H]2CC[C@]3(OC(=O)c2ccco2)C(=O)S)[C@@]2(C)Cc3cnn(-c4ccc(F)cc4)c3C=C12. The number of aliphatic hydroxyl groups is 1. The van der Waals surface area contributed by atoms with E-state index in [0.717, 1.165) is 29.8 Å². The molecule has 3 saturated carbocycles. The van der Waals surface area contributed by atoms with Gasteiger partial charge in [0.2, 0.25) is 10.9 Å². The Morgan fingerprint density at radius 1 is 1.21 bits per heavy atom. The minimum Gasteiger partial charge on any atom is -0.457 e. The van der Waals surface area contributed by atoms with Gasteiger partial charge >= 0.3 is 5.97 Å². The maximum absolute atomic E-state index is 13.6. The summed E-state index contributed by atoms with van der Waals surface area (Å²) < 4.78 is 26.8. The molecule has 8 atom stereocenters. The molecule has 4 aliphatic rings. The highest BCUT2D eigenvalue weighted by Crippen LogP contribution is 2.69. The molecular formula is C33H35FN2O5S. The number of allylic oxidation sites excluding steroid dienone is 1. The Bertz CT molecular complexity index is 1600. The normalized spacial score (nSPS) is 36.7. The number of halogens is 1. The van der Waals surface area contributed by atoms with E-state index in [0.29, 0.717) is 19.3 Å². The maximum atomic E-state index is 13.6. The van der Waals surface area contributed by atoms with Gasteiger partial charge in [0.05, 0.1) is 29.9 Å². The molecule has 7 rings (SSSR count). The van der Waals surface area contributed by atoms with E-state index in [4.69, 9.17) is 9.15 Å². The Balaban J connectivity index is 1.25. The topological polar surface area (TPSA) is 94.6 Å². The van der Waals surface area contributed by atoms with E-state index < -0.39 is 28.2 Å². The Hall–Kier alpha value is -3.17. The number of ether oxygens (including phenoxy) is 1. The lowest BCUT2D eigenvalue weighted by atomic mass is 9.44. The highest BCUT2D eigenvalue weighted by atomic mass is 32.1. The van der Waals surface area contributed by atoms with Crippen molar-refractivity contribution in [2.24, 2.45) is 34.5 Å². The second-order valence-corrected chi connectivity index (χ2v) is 13.7. The van der Waals surface area contributed by atoms with Crippen LogP contribution >= 0.6 is 12.6 Å². The van der Waals surface area contributed by atoms with Crippen molar-refractivity contribution in [2.45, 2.75) is 64.6 Å². The fourth-order valence-electron chi connectivity index (χ4n) is 9.57. The number of hydrogen-bond donors (Lipinski definition) is 2. The molecule has 0 bridgehead atoms. The average molecular weight is 591 g/mol. The number of nitrogens with zero attached hydrogens (tertiary/aromatic N) is 2. The third-order valence-electron chi connectivity index (χ3n) is 11.3. The molecule has 4 aliphatic carbocycles. The van der Waals surface area contributed by atoms with Crippen molar-refractivity contribution >= 4 is 29.8 Å². The zero-order valence-electron chi connectivity index (χ0n) is 23.9. The number of aromatic nitrogens is 2. The number of carbonyl (C=O) groups is 2. The van der Waals surface area contributed by atoms with Crippen LogP contribution in [0.5, 0.6) is 0 Å². The van der Waals surface area contributed by atoms with Crippen molar-refractivity contribution in [1.82, 2.24) is 9.78 Å². The van der Waals surface area contributed by atoms with Gasteiger partial charge in [-0.3, -0.25) is 4.79 Å². The average Bonchev–Trinajstić information content (AvgIpc) is 3.67. The number of thiol groups is 1. The molecule has 1 N–H and O–H groups in total. The van der Waals surface area contributed by atoms with Crippen LogP contribution in [0.25, 0.3) is 11.8 Å². The number of furan rings is 1. The lowest BCUT2D eigenvalue weighted by Gasteiger charge is -2.61. The van der Waals surface area contributed by atoms with Crippen LogP contribution in [0.1, 0.15) is 68.3 Å². The molecule has 0 saturated heterocycles. The first-order valence-corrected chi connectivity index (χ1v) is 15.2. The van der Waals surface area contributed by atoms with Crippen molar-refractivity contribution in [3.05, 3.63) is 77.3 Å². The van der Waals surface area contributed by atoms with E-state index >= 15 is 0 Å². The van der Waals surface area contributed by atoms with Gasteiger partial charge in [0.25, 0.3) is 0 Å². The summed E-state index contributed by atoms with van der Waals surface area (Å²) in [7, 11) is 0. The molecule has 42 heavy (non-hydrogen) atoms. The van der Waals surface area contributed by atoms with E-state index in [1.54, 1.807) is 18.2 Å². The molecule has 0 amide bonds. The molecule has 220 valence electrons. The Morgan fingerprint density at radius 2 is 1.98 bits per heavy atom. The van der Waals surface area contributed by atoms with Crippen molar-refractivity contribution in [1.29, 1.82) is 0 Å². The molecule has 0 spiro atoms. The molecule has 2 heterocycles. The van der Waals surface area contributed by atoms with E-state index in [2.05, 4.69) is 37.7 Å². The zero-order chi connectivity index (χ0) is 29.6. The third-order valence-corrected chi connectivity index (χ3v) is 11.6. The first-order valence-electron chi connectivity index (χ1n) is 14.7. The first kappa shape index (κ1) is 27.7. The largest absolute Gasteiger partial charge is 0.457 e. The maximum Gasteiger partial charge on any atom is 0.375 e. The van der Waals surface area contributed by atoms with Gasteiger partial charge in [-0.05, 0) is 109 Å². The van der Waals surface area contributed by atoms with Gasteiger partial charge < -0.3 is 14.3 Å². The number of esters is 1. The summed E-state index contributed by atoms with van der Waals surface area (Å²) in [6.07, 6.45) is 7.79. The number of fused-ring (bicyclic) bond motifs is 6. The van der Waals surface area contributed by atoms with Crippen LogP contribution in [-0.4, -0.2) is 37.7 Å². The standard InChI is InChI=1S/C33H35FN2O5S/c1-18-13-22-23-10-11-33(30(39)42,41-29(38)27-5-4-12-40-27)32(23,3)16-26(37)28(22)31(2)15-19-17-35-36(25(19)14-24(18)31)21-8-6-20(34)7-9-21/h4-9,12,14,17-18,22-23,26,28,37H,10-11,13,15-16H2,1-3H3,(H,39,42)/t18-,22-,23-,26-,28+,31-,32-,33-/m0/s1. The van der Waals surface area contributed by atoms with Gasteiger partial charge in [0.15, 0.2) is 5.60 Å². The minimum absolute atomic E-state index is 0.0352. The van der Waals surface area contributed by atoms with E-state index in [9.17, 15) is 19.1 Å². The molecule has 1 aromatic carbocycles. The van der Waals surface area contributed by atoms with E-state index in [-0.39, 0.29) is 40.7 Å². The Morgan fingerprint density at radius 3 is 2.67 bits per heavy atom. The van der Waals surface area contributed by atoms with Crippen LogP contribution < -0.4 is 0 Å². The van der Waals surface area contributed by atoms with Crippen molar-refractivity contribution in [2.75, 3.05) is 0 Å². The molecule has 0 unspecified atom stereocenters. The number of carbonyl (C=O) groups excluding carboxylic acids is 2. The molecule has 3 fully saturated rings. The highest BCUT2D eigenvalue weighted by molar-refractivity contribution is 7.96. The minimum atomic E-state index is -1.45. The van der Waals surface area contributed by atoms with Gasteiger partial charge in [0.1, 0.15) is 5.82 Å². The summed E-state index contributed by atoms with van der Waals surface area (Å²) in [5.41, 5.74) is 1.65. The number of rotatable bonds is 4. The van der Waals surface area contributed by atoms with Gasteiger partial charge in [-0.2, -0.15) is 5.10 Å². The van der Waals surface area contributed by atoms with Crippen LogP contribution in [0.4, 0.5) is 4.39 Å². The number of benzene rings is 1. The summed E-state index contributed by atoms with van der Waals surface area (Å²) in [5, 5.41) is 16.2. The summed E-state index contributed by atoms with van der Waals surface area (Å²) in [6, 6.07) is 9.47. The van der Waals surface area contributed by atoms with Gasteiger partial charge in [-0.15, -0.1) is 12.6 Å². The lowest BCUT2D eigenvalue weighted by molar-refractivity contribution is -0.177. The van der Waals surface area contributed by atoms with E-state index in [1.165, 1.54) is 30.0 Å². The first-order chi connectivity index (χ1) is 20.0. The zero-order valence-corrected chi connectivity index (χ0v) is 24.8. The van der Waals surface area contributed by atoms with Crippen LogP contribution in [0.15, 0.2) is 58.8 Å². The van der Waals surface area contributed by atoms with E-state index in [1.807, 2.05) is 17.8 Å².